The van der Waals surface area contributed by atoms with Crippen LogP contribution in [0.4, 0.5) is 0 Å². The number of piperidine rings is 1. The van der Waals surface area contributed by atoms with E-state index in [0.717, 1.165) is 22.3 Å². The first-order valence-electron chi connectivity index (χ1n) is 8.67. The van der Waals surface area contributed by atoms with Gasteiger partial charge in [-0.3, -0.25) is 24.5 Å². The molecule has 5 nitrogen and oxygen atoms in total. The molecule has 26 heavy (non-hydrogen) atoms. The molecule has 0 bridgehead atoms. The number of carbonyl (C=O) groups is 4. The zero-order valence-electron chi connectivity index (χ0n) is 15.2. The normalized spacial score (nSPS) is 20.0. The fourth-order valence-electron chi connectivity index (χ4n) is 4.39. The predicted molar refractivity (Wildman–Crippen MR) is 95.3 cm³/mol. The second-order valence-corrected chi connectivity index (χ2v) is 7.44. The van der Waals surface area contributed by atoms with Crippen LogP contribution in [0.1, 0.15) is 60.8 Å². The topological polar surface area (TPSA) is 80.3 Å². The number of hydrogen-bond donors (Lipinski definition) is 1. The van der Waals surface area contributed by atoms with E-state index < -0.39 is 23.1 Å². The highest BCUT2D eigenvalue weighted by molar-refractivity contribution is 6.12. The van der Waals surface area contributed by atoms with E-state index >= 15 is 0 Å². The van der Waals surface area contributed by atoms with Crippen molar-refractivity contribution >= 4 is 23.4 Å². The monoisotopic (exact) mass is 351 g/mol. The van der Waals surface area contributed by atoms with Gasteiger partial charge in [0.05, 0.1) is 0 Å². The first-order valence-corrected chi connectivity index (χ1v) is 8.67. The number of carbonyl (C=O) groups excluding carboxylic acids is 4. The molecule has 0 atom stereocenters. The fraction of sp³-hybridized carbons (Fsp3) is 0.429. The summed E-state index contributed by atoms with van der Waals surface area (Å²) >= 11 is 0. The molecule has 1 N–H and O–H groups in total. The van der Waals surface area contributed by atoms with Crippen LogP contribution in [-0.4, -0.2) is 23.4 Å². The van der Waals surface area contributed by atoms with Crippen LogP contribution in [0, 0.1) is 31.1 Å². The average molecular weight is 351 g/mol. The van der Waals surface area contributed by atoms with Gasteiger partial charge in [0.2, 0.25) is 11.8 Å². The van der Waals surface area contributed by atoms with Crippen LogP contribution in [0.2, 0.25) is 0 Å². The van der Waals surface area contributed by atoms with Crippen molar-refractivity contribution in [2.45, 2.75) is 52.4 Å². The molecule has 134 valence electrons. The van der Waals surface area contributed by atoms with E-state index in [2.05, 4.69) is 17.2 Å². The highest BCUT2D eigenvalue weighted by Crippen LogP contribution is 2.46. The van der Waals surface area contributed by atoms with Gasteiger partial charge >= 0.3 is 0 Å². The van der Waals surface area contributed by atoms with Crippen molar-refractivity contribution in [2.75, 3.05) is 0 Å². The van der Waals surface area contributed by atoms with Gasteiger partial charge in [0.25, 0.3) is 0 Å². The number of rotatable bonds is 1. The Morgan fingerprint density at radius 1 is 0.923 bits per heavy atom. The summed E-state index contributed by atoms with van der Waals surface area (Å²) < 4.78 is 0. The van der Waals surface area contributed by atoms with Gasteiger partial charge in [-0.1, -0.05) is 5.92 Å². The molecule has 1 spiro atoms. The lowest BCUT2D eigenvalue weighted by Crippen LogP contribution is -2.50. The minimum absolute atomic E-state index is 0.0476. The molecule has 1 aliphatic heterocycles. The van der Waals surface area contributed by atoms with Crippen LogP contribution in [0.25, 0.3) is 0 Å². The van der Waals surface area contributed by atoms with Gasteiger partial charge in [0.1, 0.15) is 17.5 Å². The number of imide groups is 1. The van der Waals surface area contributed by atoms with Crippen molar-refractivity contribution in [1.82, 2.24) is 5.32 Å². The molecule has 0 radical (unpaired) electrons. The second kappa shape index (κ2) is 6.53. The Hall–Kier alpha value is -2.74. The molecule has 0 aromatic heterocycles. The minimum Gasteiger partial charge on any atom is -0.298 e. The SMILES string of the molecule is CC#Cc1cc(C)c(C2C(=O)CC3(CC(=O)NC(=O)C3)CC2=O)c(C)c1. The van der Waals surface area contributed by atoms with E-state index in [0.29, 0.717) is 0 Å². The number of benzene rings is 1. The van der Waals surface area contributed by atoms with E-state index in [-0.39, 0.29) is 37.2 Å². The Morgan fingerprint density at radius 3 is 1.88 bits per heavy atom. The Kier molecular flexibility index (Phi) is 4.53. The van der Waals surface area contributed by atoms with E-state index in [1.165, 1.54) is 0 Å². The van der Waals surface area contributed by atoms with Gasteiger partial charge < -0.3 is 0 Å². The lowest BCUT2D eigenvalue weighted by molar-refractivity contribution is -0.144. The van der Waals surface area contributed by atoms with Gasteiger partial charge in [0.15, 0.2) is 0 Å². The lowest BCUT2D eigenvalue weighted by atomic mass is 9.62. The van der Waals surface area contributed by atoms with E-state index in [4.69, 9.17) is 0 Å². The van der Waals surface area contributed by atoms with Crippen LogP contribution in [0.15, 0.2) is 12.1 Å². The largest absolute Gasteiger partial charge is 0.298 e. The summed E-state index contributed by atoms with van der Waals surface area (Å²) in [6.07, 6.45) is 0.258. The quantitative estimate of drug-likeness (QED) is 0.477. The Balaban J connectivity index is 1.96. The smallest absolute Gasteiger partial charge is 0.227 e. The summed E-state index contributed by atoms with van der Waals surface area (Å²) in [7, 11) is 0. The summed E-state index contributed by atoms with van der Waals surface area (Å²) in [6, 6.07) is 3.78. The van der Waals surface area contributed by atoms with Gasteiger partial charge in [-0.2, -0.15) is 0 Å². The maximum absolute atomic E-state index is 12.9. The van der Waals surface area contributed by atoms with Crippen molar-refractivity contribution < 1.29 is 19.2 Å². The molecule has 1 aliphatic carbocycles. The molecule has 2 aliphatic rings. The van der Waals surface area contributed by atoms with E-state index in [1.54, 1.807) is 6.92 Å². The molecular formula is C21H21NO4. The van der Waals surface area contributed by atoms with Crippen molar-refractivity contribution in [1.29, 1.82) is 0 Å². The number of nitrogens with one attached hydrogen (secondary N) is 1. The Labute approximate surface area is 152 Å². The van der Waals surface area contributed by atoms with Crippen molar-refractivity contribution in [3.8, 4) is 11.8 Å². The lowest BCUT2D eigenvalue weighted by Gasteiger charge is -2.40. The zero-order chi connectivity index (χ0) is 19.1. The third kappa shape index (κ3) is 3.20. The molecule has 1 aromatic carbocycles. The summed E-state index contributed by atoms with van der Waals surface area (Å²) in [4.78, 5) is 49.3. The molecule has 1 aromatic rings. The van der Waals surface area contributed by atoms with Crippen molar-refractivity contribution in [3.05, 3.63) is 34.4 Å². The molecule has 1 saturated carbocycles. The summed E-state index contributed by atoms with van der Waals surface area (Å²) in [6.45, 7) is 5.52. The summed E-state index contributed by atoms with van der Waals surface area (Å²) in [5.74, 6) is 3.81. The zero-order valence-corrected chi connectivity index (χ0v) is 15.2. The third-order valence-electron chi connectivity index (χ3n) is 5.24. The predicted octanol–water partition coefficient (Wildman–Crippen LogP) is 2.11. The molecule has 3 rings (SSSR count). The van der Waals surface area contributed by atoms with Gasteiger partial charge in [-0.25, -0.2) is 0 Å². The highest BCUT2D eigenvalue weighted by Gasteiger charge is 2.50. The van der Waals surface area contributed by atoms with Gasteiger partial charge in [0, 0.05) is 36.7 Å². The second-order valence-electron chi connectivity index (χ2n) is 7.44. The number of hydrogen-bond acceptors (Lipinski definition) is 4. The maximum atomic E-state index is 12.9. The molecule has 5 heteroatoms. The molecule has 2 amide bonds. The van der Waals surface area contributed by atoms with Crippen LogP contribution < -0.4 is 5.32 Å². The highest BCUT2D eigenvalue weighted by atomic mass is 16.2. The Morgan fingerprint density at radius 2 is 1.42 bits per heavy atom. The standard InChI is InChI=1S/C21H21NO4/c1-4-5-14-6-12(2)19(13(3)7-14)20-15(23)8-21(9-16(20)24)10-17(25)22-18(26)11-21/h6-7,20H,8-11H2,1-3H3,(H,22,25,26). The van der Waals surface area contributed by atoms with Crippen molar-refractivity contribution in [2.24, 2.45) is 5.41 Å². The number of Topliss-reactive ketones (excluding diaryl/α,β-unsaturated/α-hetero) is 2. The van der Waals surface area contributed by atoms with Crippen LogP contribution in [0.3, 0.4) is 0 Å². The number of amides is 2. The van der Waals surface area contributed by atoms with Gasteiger partial charge in [-0.15, -0.1) is 5.92 Å². The molecule has 1 heterocycles. The van der Waals surface area contributed by atoms with E-state index in [9.17, 15) is 19.2 Å². The molecular weight excluding hydrogens is 330 g/mol. The van der Waals surface area contributed by atoms with Crippen molar-refractivity contribution in [3.63, 3.8) is 0 Å². The third-order valence-corrected chi connectivity index (χ3v) is 5.24. The summed E-state index contributed by atoms with van der Waals surface area (Å²) in [5.41, 5.74) is 2.47. The van der Waals surface area contributed by atoms with Crippen LogP contribution >= 0.6 is 0 Å². The maximum Gasteiger partial charge on any atom is 0.227 e. The van der Waals surface area contributed by atoms with Crippen LogP contribution in [-0.2, 0) is 19.2 Å². The fourth-order valence-corrected chi connectivity index (χ4v) is 4.39. The van der Waals surface area contributed by atoms with Crippen LogP contribution in [0.5, 0.6) is 0 Å². The molecule has 0 unspecified atom stereocenters. The first kappa shape index (κ1) is 18.1. The average Bonchev–Trinajstić information content (AvgIpc) is 2.48. The summed E-state index contributed by atoms with van der Waals surface area (Å²) in [5, 5.41) is 2.25. The molecule has 1 saturated heterocycles. The first-order chi connectivity index (χ1) is 12.2. The number of ketones is 2. The molecule has 2 fully saturated rings. The minimum atomic E-state index is -0.848. The Bertz CT molecular complexity index is 841. The van der Waals surface area contributed by atoms with E-state index in [1.807, 2.05) is 26.0 Å². The number of aryl methyl sites for hydroxylation is 2. The van der Waals surface area contributed by atoms with Gasteiger partial charge in [-0.05, 0) is 49.6 Å².